The molecule has 0 saturated carbocycles. The summed E-state index contributed by atoms with van der Waals surface area (Å²) in [5.41, 5.74) is 0.870. The first-order valence-electron chi connectivity index (χ1n) is 7.89. The van der Waals surface area contributed by atoms with Gasteiger partial charge < -0.3 is 15.0 Å². The van der Waals surface area contributed by atoms with Crippen molar-refractivity contribution in [1.29, 1.82) is 5.26 Å². The van der Waals surface area contributed by atoms with Crippen molar-refractivity contribution in [3.8, 4) is 6.07 Å². The van der Waals surface area contributed by atoms with Gasteiger partial charge >= 0.3 is 0 Å². The Kier molecular flexibility index (Phi) is 9.00. The SMILES string of the molecule is CCNC(=NCc1cc(C#N)ccc1F)N(C)CC1CCOC1.I. The van der Waals surface area contributed by atoms with Gasteiger partial charge in [-0.3, -0.25) is 0 Å². The zero-order valence-corrected chi connectivity index (χ0v) is 16.4. The molecule has 0 amide bonds. The lowest BCUT2D eigenvalue weighted by Gasteiger charge is -2.24. The molecule has 0 aromatic heterocycles. The highest BCUT2D eigenvalue weighted by Crippen LogP contribution is 2.14. The molecule has 1 fully saturated rings. The maximum atomic E-state index is 13.8. The van der Waals surface area contributed by atoms with Gasteiger partial charge in [-0.1, -0.05) is 0 Å². The predicted octanol–water partition coefficient (Wildman–Crippen LogP) is 2.75. The fraction of sp³-hybridized carbons (Fsp3) is 0.529. The van der Waals surface area contributed by atoms with E-state index < -0.39 is 0 Å². The molecule has 2 rings (SSSR count). The lowest BCUT2D eigenvalue weighted by molar-refractivity contribution is 0.181. The van der Waals surface area contributed by atoms with Crippen LogP contribution in [0, 0.1) is 23.1 Å². The molecular weight excluding hydrogens is 422 g/mol. The molecule has 1 saturated heterocycles. The number of hydrogen-bond acceptors (Lipinski definition) is 3. The highest BCUT2D eigenvalue weighted by molar-refractivity contribution is 14.0. The molecule has 1 N–H and O–H groups in total. The molecule has 1 atom stereocenters. The smallest absolute Gasteiger partial charge is 0.193 e. The molecule has 7 heteroatoms. The van der Waals surface area contributed by atoms with Crippen molar-refractivity contribution in [3.63, 3.8) is 0 Å². The van der Waals surface area contributed by atoms with Crippen LogP contribution in [0.2, 0.25) is 0 Å². The number of benzene rings is 1. The number of nitrogens with zero attached hydrogens (tertiary/aromatic N) is 3. The fourth-order valence-electron chi connectivity index (χ4n) is 2.60. The molecule has 1 aromatic rings. The minimum atomic E-state index is -0.338. The topological polar surface area (TPSA) is 60.7 Å². The summed E-state index contributed by atoms with van der Waals surface area (Å²) < 4.78 is 19.2. The highest BCUT2D eigenvalue weighted by atomic mass is 127. The van der Waals surface area contributed by atoms with Crippen molar-refractivity contribution in [2.75, 3.05) is 33.4 Å². The second kappa shape index (κ2) is 10.5. The third-order valence-electron chi connectivity index (χ3n) is 3.83. The van der Waals surface area contributed by atoms with E-state index in [1.165, 1.54) is 12.1 Å². The zero-order chi connectivity index (χ0) is 16.7. The summed E-state index contributed by atoms with van der Waals surface area (Å²) >= 11 is 0. The molecule has 0 spiro atoms. The average molecular weight is 446 g/mol. The highest BCUT2D eigenvalue weighted by Gasteiger charge is 2.19. The van der Waals surface area contributed by atoms with Crippen LogP contribution in [0.4, 0.5) is 4.39 Å². The van der Waals surface area contributed by atoms with Crippen molar-refractivity contribution < 1.29 is 9.13 Å². The Morgan fingerprint density at radius 3 is 2.96 bits per heavy atom. The number of hydrogen-bond donors (Lipinski definition) is 1. The maximum Gasteiger partial charge on any atom is 0.193 e. The maximum absolute atomic E-state index is 13.8. The summed E-state index contributed by atoms with van der Waals surface area (Å²) in [5, 5.41) is 12.1. The number of halogens is 2. The zero-order valence-electron chi connectivity index (χ0n) is 14.1. The molecule has 1 aliphatic heterocycles. The molecule has 0 aliphatic carbocycles. The lowest BCUT2D eigenvalue weighted by atomic mass is 10.1. The van der Waals surface area contributed by atoms with E-state index in [0.717, 1.165) is 38.7 Å². The molecule has 1 unspecified atom stereocenters. The van der Waals surface area contributed by atoms with Crippen molar-refractivity contribution in [3.05, 3.63) is 35.1 Å². The molecule has 0 radical (unpaired) electrons. The minimum Gasteiger partial charge on any atom is -0.381 e. The van der Waals surface area contributed by atoms with E-state index in [0.29, 0.717) is 17.0 Å². The Morgan fingerprint density at radius 1 is 1.54 bits per heavy atom. The third-order valence-corrected chi connectivity index (χ3v) is 3.83. The van der Waals surface area contributed by atoms with Gasteiger partial charge in [-0.15, -0.1) is 24.0 Å². The van der Waals surface area contributed by atoms with Crippen LogP contribution < -0.4 is 5.32 Å². The average Bonchev–Trinajstić information content (AvgIpc) is 3.05. The summed E-state index contributed by atoms with van der Waals surface area (Å²) in [6.07, 6.45) is 1.06. The van der Waals surface area contributed by atoms with Gasteiger partial charge in [0.05, 0.1) is 24.8 Å². The van der Waals surface area contributed by atoms with Gasteiger partial charge in [0.25, 0.3) is 0 Å². The van der Waals surface area contributed by atoms with E-state index in [-0.39, 0.29) is 36.3 Å². The second-order valence-corrected chi connectivity index (χ2v) is 5.70. The Balaban J connectivity index is 0.00000288. The van der Waals surface area contributed by atoms with E-state index in [4.69, 9.17) is 10.00 Å². The third kappa shape index (κ3) is 5.91. The number of guanidine groups is 1. The van der Waals surface area contributed by atoms with Crippen molar-refractivity contribution in [2.24, 2.45) is 10.9 Å². The normalized spacial score (nSPS) is 17.1. The summed E-state index contributed by atoms with van der Waals surface area (Å²) in [7, 11) is 1.97. The quantitative estimate of drug-likeness (QED) is 0.430. The van der Waals surface area contributed by atoms with Crippen LogP contribution in [0.3, 0.4) is 0 Å². The van der Waals surface area contributed by atoms with Gasteiger partial charge in [0.15, 0.2) is 5.96 Å². The summed E-state index contributed by atoms with van der Waals surface area (Å²) in [6.45, 7) is 5.40. The first kappa shape index (κ1) is 20.6. The van der Waals surface area contributed by atoms with Gasteiger partial charge in [0.1, 0.15) is 5.82 Å². The Hall–Kier alpha value is -1.40. The van der Waals surface area contributed by atoms with E-state index >= 15 is 0 Å². The van der Waals surface area contributed by atoms with E-state index in [2.05, 4.69) is 15.2 Å². The minimum absolute atomic E-state index is 0. The fourth-order valence-corrected chi connectivity index (χ4v) is 2.60. The van der Waals surface area contributed by atoms with Gasteiger partial charge in [0, 0.05) is 38.2 Å². The molecule has 132 valence electrons. The molecule has 0 bridgehead atoms. The number of nitrogens with one attached hydrogen (secondary N) is 1. The molecule has 24 heavy (non-hydrogen) atoms. The van der Waals surface area contributed by atoms with Crippen LogP contribution in [-0.4, -0.2) is 44.2 Å². The molecule has 1 aliphatic rings. The van der Waals surface area contributed by atoms with E-state index in [1.54, 1.807) is 6.07 Å². The van der Waals surface area contributed by atoms with Crippen molar-refractivity contribution in [1.82, 2.24) is 10.2 Å². The number of aliphatic imine (C=N–C) groups is 1. The number of rotatable bonds is 5. The first-order valence-corrected chi connectivity index (χ1v) is 7.89. The predicted molar refractivity (Wildman–Crippen MR) is 103 cm³/mol. The number of nitriles is 1. The molecule has 5 nitrogen and oxygen atoms in total. The Bertz CT molecular complexity index is 597. The van der Waals surface area contributed by atoms with Crippen LogP contribution in [0.15, 0.2) is 23.2 Å². The van der Waals surface area contributed by atoms with Gasteiger partial charge in [-0.05, 0) is 31.5 Å². The molecule has 1 aromatic carbocycles. The van der Waals surface area contributed by atoms with E-state index in [1.807, 2.05) is 20.0 Å². The first-order chi connectivity index (χ1) is 11.1. The van der Waals surface area contributed by atoms with E-state index in [9.17, 15) is 4.39 Å². The summed E-state index contributed by atoms with van der Waals surface area (Å²) in [5.74, 6) is 0.902. The molecular formula is C17H24FIN4O. The van der Waals surface area contributed by atoms with Crippen molar-refractivity contribution >= 4 is 29.9 Å². The van der Waals surface area contributed by atoms with Gasteiger partial charge in [0.2, 0.25) is 0 Å². The standard InChI is InChI=1S/C17H23FN4O.HI/c1-3-20-17(22(2)11-14-6-7-23-12-14)21-10-15-8-13(9-19)4-5-16(15)18;/h4-5,8,14H,3,6-7,10-12H2,1-2H3,(H,20,21);1H. The number of ether oxygens (including phenoxy) is 1. The Labute approximate surface area is 159 Å². The van der Waals surface area contributed by atoms with Crippen molar-refractivity contribution in [2.45, 2.75) is 19.9 Å². The lowest BCUT2D eigenvalue weighted by Crippen LogP contribution is -2.41. The monoisotopic (exact) mass is 446 g/mol. The Morgan fingerprint density at radius 2 is 2.33 bits per heavy atom. The van der Waals surface area contributed by atoms with Crippen LogP contribution >= 0.6 is 24.0 Å². The largest absolute Gasteiger partial charge is 0.381 e. The van der Waals surface area contributed by atoms with Crippen LogP contribution in [0.5, 0.6) is 0 Å². The molecule has 1 heterocycles. The van der Waals surface area contributed by atoms with Crippen LogP contribution in [0.1, 0.15) is 24.5 Å². The van der Waals surface area contributed by atoms with Gasteiger partial charge in [-0.25, -0.2) is 9.38 Å². The van der Waals surface area contributed by atoms with Crippen LogP contribution in [-0.2, 0) is 11.3 Å². The summed E-state index contributed by atoms with van der Waals surface area (Å²) in [6, 6.07) is 6.36. The van der Waals surface area contributed by atoms with Gasteiger partial charge in [-0.2, -0.15) is 5.26 Å². The second-order valence-electron chi connectivity index (χ2n) is 5.70. The van der Waals surface area contributed by atoms with Crippen LogP contribution in [0.25, 0.3) is 0 Å². The summed E-state index contributed by atoms with van der Waals surface area (Å²) in [4.78, 5) is 6.55.